The van der Waals surface area contributed by atoms with Crippen LogP contribution in [0.25, 0.3) is 86.2 Å². The predicted octanol–water partition coefficient (Wildman–Crippen LogP) is 17.1. The monoisotopic (exact) mass is 795 g/mol. The first kappa shape index (κ1) is 35.7. The fraction of sp³-hybridized carbons (Fsp3) is 0.0508. The summed E-state index contributed by atoms with van der Waals surface area (Å²) in [7, 11) is 0. The van der Waals surface area contributed by atoms with E-state index in [1.165, 1.54) is 97.4 Å². The van der Waals surface area contributed by atoms with Gasteiger partial charge in [-0.15, -0.1) is 11.3 Å². The average molecular weight is 796 g/mol. The van der Waals surface area contributed by atoms with Gasteiger partial charge in [0, 0.05) is 42.6 Å². The molecule has 0 saturated heterocycles. The van der Waals surface area contributed by atoms with Crippen LogP contribution in [0.3, 0.4) is 0 Å². The molecule has 1 aromatic heterocycles. The summed E-state index contributed by atoms with van der Waals surface area (Å²) in [4.78, 5) is 2.43. The second-order valence-corrected chi connectivity index (χ2v) is 17.9. The third kappa shape index (κ3) is 5.67. The van der Waals surface area contributed by atoms with Crippen molar-refractivity contribution in [2.45, 2.75) is 19.3 Å². The van der Waals surface area contributed by atoms with Gasteiger partial charge in [-0.25, -0.2) is 0 Å². The van der Waals surface area contributed by atoms with Gasteiger partial charge in [-0.3, -0.25) is 0 Å². The molecule has 61 heavy (non-hydrogen) atoms. The molecule has 0 N–H and O–H groups in total. The molecule has 1 aliphatic rings. The van der Waals surface area contributed by atoms with Crippen LogP contribution >= 0.6 is 11.3 Å². The lowest BCUT2D eigenvalue weighted by molar-refractivity contribution is 0.661. The lowest BCUT2D eigenvalue weighted by Crippen LogP contribution is -2.14. The van der Waals surface area contributed by atoms with Crippen molar-refractivity contribution in [2.75, 3.05) is 4.90 Å². The highest BCUT2D eigenvalue weighted by Gasteiger charge is 2.36. The van der Waals surface area contributed by atoms with Gasteiger partial charge in [-0.05, 0) is 126 Å². The van der Waals surface area contributed by atoms with Gasteiger partial charge in [0.15, 0.2) is 0 Å². The molecule has 11 aromatic rings. The Morgan fingerprint density at radius 1 is 0.361 bits per heavy atom. The highest BCUT2D eigenvalue weighted by atomic mass is 32.1. The molecule has 1 heterocycles. The van der Waals surface area contributed by atoms with Crippen LogP contribution in [0.4, 0.5) is 17.1 Å². The first-order valence-corrected chi connectivity index (χ1v) is 22.0. The summed E-state index contributed by atoms with van der Waals surface area (Å²) < 4.78 is 2.64. The van der Waals surface area contributed by atoms with Crippen LogP contribution in [0.2, 0.25) is 0 Å². The molecule has 1 nitrogen and oxygen atoms in total. The molecule has 0 unspecified atom stereocenters. The van der Waals surface area contributed by atoms with Gasteiger partial charge in [0.05, 0.1) is 0 Å². The first-order valence-electron chi connectivity index (χ1n) is 21.2. The Bertz CT molecular complexity index is 3480. The van der Waals surface area contributed by atoms with Crippen LogP contribution in [0.1, 0.15) is 25.0 Å². The molecule has 0 amide bonds. The van der Waals surface area contributed by atoms with E-state index in [-0.39, 0.29) is 5.41 Å². The van der Waals surface area contributed by atoms with Crippen molar-refractivity contribution in [3.05, 3.63) is 223 Å². The quantitative estimate of drug-likeness (QED) is 0.162. The minimum Gasteiger partial charge on any atom is -0.310 e. The minimum absolute atomic E-state index is 0.0694. The fourth-order valence-corrected chi connectivity index (χ4v) is 11.3. The number of nitrogens with zero attached hydrogens (tertiary/aromatic N) is 1. The molecule has 1 aliphatic carbocycles. The maximum Gasteiger partial charge on any atom is 0.0468 e. The second-order valence-electron chi connectivity index (χ2n) is 16.8. The Labute approximate surface area is 360 Å². The molecule has 2 heteroatoms. The molecule has 10 aromatic carbocycles. The van der Waals surface area contributed by atoms with Gasteiger partial charge in [0.1, 0.15) is 0 Å². The van der Waals surface area contributed by atoms with Crippen molar-refractivity contribution in [1.82, 2.24) is 0 Å². The highest BCUT2D eigenvalue weighted by molar-refractivity contribution is 7.25. The Morgan fingerprint density at radius 3 is 1.62 bits per heavy atom. The minimum atomic E-state index is -0.0694. The molecular formula is C59H41NS. The molecule has 0 aliphatic heterocycles. The SMILES string of the molecule is CC1(C)c2ccccc2-c2c1ccc1ccc(N(c3ccc(-c4cccc5cccc(-c6ccccc6)c45)cc3)c3ccc(-c4cccc5sc6ccccc6c45)cc3)cc21. The average Bonchev–Trinajstić information content (AvgIpc) is 3.81. The van der Waals surface area contributed by atoms with E-state index in [0.717, 1.165) is 17.1 Å². The molecule has 0 atom stereocenters. The van der Waals surface area contributed by atoms with Crippen LogP contribution in [0, 0.1) is 0 Å². The van der Waals surface area contributed by atoms with E-state index >= 15 is 0 Å². The summed E-state index contributed by atoms with van der Waals surface area (Å²) in [6.07, 6.45) is 0. The van der Waals surface area contributed by atoms with E-state index in [9.17, 15) is 0 Å². The number of fused-ring (bicyclic) bond motifs is 9. The van der Waals surface area contributed by atoms with Crippen molar-refractivity contribution in [2.24, 2.45) is 0 Å². The highest BCUT2D eigenvalue weighted by Crippen LogP contribution is 2.52. The van der Waals surface area contributed by atoms with Crippen LogP contribution in [-0.4, -0.2) is 0 Å². The maximum absolute atomic E-state index is 2.43. The second kappa shape index (κ2) is 13.9. The summed E-state index contributed by atoms with van der Waals surface area (Å²) in [5.41, 5.74) is 16.1. The molecule has 0 bridgehead atoms. The predicted molar refractivity (Wildman–Crippen MR) is 263 cm³/mol. The van der Waals surface area contributed by atoms with E-state index in [4.69, 9.17) is 0 Å². The third-order valence-corrected chi connectivity index (χ3v) is 14.2. The van der Waals surface area contributed by atoms with Crippen molar-refractivity contribution in [1.29, 1.82) is 0 Å². The normalized spacial score (nSPS) is 12.9. The van der Waals surface area contributed by atoms with Gasteiger partial charge < -0.3 is 4.90 Å². The van der Waals surface area contributed by atoms with Gasteiger partial charge in [0.25, 0.3) is 0 Å². The van der Waals surface area contributed by atoms with Gasteiger partial charge >= 0.3 is 0 Å². The molecule has 0 radical (unpaired) electrons. The van der Waals surface area contributed by atoms with E-state index in [2.05, 4.69) is 231 Å². The van der Waals surface area contributed by atoms with Crippen LogP contribution < -0.4 is 4.90 Å². The Kier molecular flexibility index (Phi) is 8.13. The number of anilines is 3. The van der Waals surface area contributed by atoms with Crippen molar-refractivity contribution in [3.63, 3.8) is 0 Å². The van der Waals surface area contributed by atoms with Gasteiger partial charge in [-0.1, -0.05) is 178 Å². The Balaban J connectivity index is 1.02. The van der Waals surface area contributed by atoms with Crippen molar-refractivity contribution < 1.29 is 0 Å². The topological polar surface area (TPSA) is 3.24 Å². The standard InChI is InChI=1S/C59H41NS/c1-59(2)52-22-8-6-17-49(52)57-51-37-45(35-29-41(51)30-36-53(57)59)60(44-33-27-40(28-34-44)48-21-12-24-55-58(48)50-18-7-9-23-54(50)61-55)43-31-25-39(26-32-43)47-20-11-16-42-15-10-19-46(56(42)47)38-13-4-3-5-14-38/h3-37H,1-2H3. The molecule has 288 valence electrons. The van der Waals surface area contributed by atoms with Crippen molar-refractivity contribution >= 4 is 70.1 Å². The van der Waals surface area contributed by atoms with Crippen LogP contribution in [0.15, 0.2) is 212 Å². The number of thiophene rings is 1. The molecule has 0 fully saturated rings. The number of hydrogen-bond acceptors (Lipinski definition) is 2. The number of rotatable bonds is 6. The maximum atomic E-state index is 2.43. The van der Waals surface area contributed by atoms with E-state index < -0.39 is 0 Å². The lowest BCUT2D eigenvalue weighted by Gasteiger charge is -2.27. The molecule has 12 rings (SSSR count). The molecule has 0 spiro atoms. The lowest BCUT2D eigenvalue weighted by atomic mass is 9.82. The zero-order valence-corrected chi connectivity index (χ0v) is 34.9. The summed E-state index contributed by atoms with van der Waals surface area (Å²) in [6.45, 7) is 4.72. The summed E-state index contributed by atoms with van der Waals surface area (Å²) in [5, 5.41) is 7.70. The summed E-state index contributed by atoms with van der Waals surface area (Å²) in [5.74, 6) is 0. The molecular weight excluding hydrogens is 755 g/mol. The smallest absolute Gasteiger partial charge is 0.0468 e. The van der Waals surface area contributed by atoms with Crippen molar-refractivity contribution in [3.8, 4) is 44.5 Å². The van der Waals surface area contributed by atoms with Gasteiger partial charge in [-0.2, -0.15) is 0 Å². The first-order chi connectivity index (χ1) is 30.0. The fourth-order valence-electron chi connectivity index (χ4n) is 10.1. The zero-order valence-electron chi connectivity index (χ0n) is 34.1. The van der Waals surface area contributed by atoms with E-state index in [1.54, 1.807) is 0 Å². The Morgan fingerprint density at radius 2 is 0.902 bits per heavy atom. The number of hydrogen-bond donors (Lipinski definition) is 0. The third-order valence-electron chi connectivity index (χ3n) is 13.1. The largest absolute Gasteiger partial charge is 0.310 e. The van der Waals surface area contributed by atoms with Crippen LogP contribution in [0.5, 0.6) is 0 Å². The van der Waals surface area contributed by atoms with E-state index in [0.29, 0.717) is 0 Å². The van der Waals surface area contributed by atoms with E-state index in [1.807, 2.05) is 11.3 Å². The van der Waals surface area contributed by atoms with Gasteiger partial charge in [0.2, 0.25) is 0 Å². The Hall–Kier alpha value is -7.26. The number of benzene rings is 10. The summed E-state index contributed by atoms with van der Waals surface area (Å²) in [6, 6.07) is 78.6. The summed E-state index contributed by atoms with van der Waals surface area (Å²) >= 11 is 1.87. The molecule has 0 saturated carbocycles. The zero-order chi connectivity index (χ0) is 40.7. The van der Waals surface area contributed by atoms with Crippen LogP contribution in [-0.2, 0) is 5.41 Å².